The van der Waals surface area contributed by atoms with Crippen molar-refractivity contribution in [2.75, 3.05) is 5.32 Å². The van der Waals surface area contributed by atoms with Crippen LogP contribution in [0.15, 0.2) is 70.7 Å². The van der Waals surface area contributed by atoms with Crippen LogP contribution in [0.2, 0.25) is 0 Å². The molecular weight excluding hydrogens is 390 g/mol. The number of carboxylic acids is 1. The summed E-state index contributed by atoms with van der Waals surface area (Å²) in [6.07, 6.45) is 1.26. The Morgan fingerprint density at radius 2 is 1.73 bits per heavy atom. The second-order valence-corrected chi connectivity index (χ2v) is 6.01. The van der Waals surface area contributed by atoms with E-state index in [9.17, 15) is 25.0 Å². The Bertz CT molecular complexity index is 1180. The number of non-ortho nitro benzene ring substituents is 1. The molecule has 2 aromatic carbocycles. The number of aromatic carboxylic acids is 1. The third-order valence-electron chi connectivity index (χ3n) is 4.03. The summed E-state index contributed by atoms with van der Waals surface area (Å²) in [6.45, 7) is 0. The van der Waals surface area contributed by atoms with Gasteiger partial charge in [0.1, 0.15) is 23.2 Å². The van der Waals surface area contributed by atoms with E-state index in [1.807, 2.05) is 0 Å². The van der Waals surface area contributed by atoms with Crippen LogP contribution >= 0.6 is 0 Å². The summed E-state index contributed by atoms with van der Waals surface area (Å²) >= 11 is 0. The number of nitriles is 1. The lowest BCUT2D eigenvalue weighted by atomic mass is 10.1. The number of nitro groups is 1. The predicted molar refractivity (Wildman–Crippen MR) is 106 cm³/mol. The van der Waals surface area contributed by atoms with Crippen molar-refractivity contribution in [3.63, 3.8) is 0 Å². The Morgan fingerprint density at radius 3 is 2.30 bits per heavy atom. The Morgan fingerprint density at radius 1 is 1.07 bits per heavy atom. The largest absolute Gasteiger partial charge is 0.478 e. The molecule has 3 aromatic rings. The zero-order chi connectivity index (χ0) is 21.7. The molecule has 30 heavy (non-hydrogen) atoms. The monoisotopic (exact) mass is 403 g/mol. The second kappa shape index (κ2) is 8.53. The fourth-order valence-electron chi connectivity index (χ4n) is 2.52. The van der Waals surface area contributed by atoms with E-state index in [1.54, 1.807) is 30.3 Å². The summed E-state index contributed by atoms with van der Waals surface area (Å²) in [4.78, 5) is 33.3. The molecule has 0 fully saturated rings. The van der Waals surface area contributed by atoms with Gasteiger partial charge in [-0.3, -0.25) is 14.9 Å². The first-order valence-corrected chi connectivity index (χ1v) is 8.48. The van der Waals surface area contributed by atoms with E-state index in [2.05, 4.69) is 5.32 Å². The van der Waals surface area contributed by atoms with Gasteiger partial charge in [-0.15, -0.1) is 0 Å². The van der Waals surface area contributed by atoms with E-state index < -0.39 is 16.8 Å². The Balaban J connectivity index is 1.75. The summed E-state index contributed by atoms with van der Waals surface area (Å²) in [6, 6.07) is 16.2. The predicted octanol–water partition coefficient (Wildman–Crippen LogP) is 4.10. The number of nitrogens with one attached hydrogen (secondary N) is 1. The van der Waals surface area contributed by atoms with E-state index in [4.69, 9.17) is 9.52 Å². The highest BCUT2D eigenvalue weighted by molar-refractivity contribution is 6.09. The lowest BCUT2D eigenvalue weighted by Crippen LogP contribution is -2.13. The molecule has 0 unspecified atom stereocenters. The standard InChI is InChI=1S/C21H13N3O6/c22-12-15(20(25)23-16-5-7-17(8-6-16)24(28)29)11-18-9-10-19(30-18)13-1-3-14(4-2-13)21(26)27/h1-11H,(H,23,25)(H,26,27). The molecule has 0 aliphatic heterocycles. The molecule has 0 radical (unpaired) electrons. The highest BCUT2D eigenvalue weighted by Crippen LogP contribution is 2.24. The van der Waals surface area contributed by atoms with Crippen LogP contribution < -0.4 is 5.32 Å². The molecule has 1 amide bonds. The molecule has 2 N–H and O–H groups in total. The van der Waals surface area contributed by atoms with Crippen LogP contribution in [0.25, 0.3) is 17.4 Å². The SMILES string of the molecule is N#CC(=Cc1ccc(-c2ccc(C(=O)O)cc2)o1)C(=O)Nc1ccc([N+](=O)[O-])cc1. The number of rotatable bonds is 6. The van der Waals surface area contributed by atoms with Gasteiger partial charge in [0.05, 0.1) is 10.5 Å². The van der Waals surface area contributed by atoms with Gasteiger partial charge in [0.25, 0.3) is 11.6 Å². The van der Waals surface area contributed by atoms with Gasteiger partial charge < -0.3 is 14.8 Å². The first-order valence-electron chi connectivity index (χ1n) is 8.48. The third kappa shape index (κ3) is 4.58. The summed E-state index contributed by atoms with van der Waals surface area (Å²) in [5, 5.41) is 31.4. The molecule has 0 spiro atoms. The zero-order valence-electron chi connectivity index (χ0n) is 15.2. The fourth-order valence-corrected chi connectivity index (χ4v) is 2.52. The molecule has 0 aliphatic rings. The van der Waals surface area contributed by atoms with E-state index >= 15 is 0 Å². The van der Waals surface area contributed by atoms with Gasteiger partial charge in [0.2, 0.25) is 0 Å². The van der Waals surface area contributed by atoms with Gasteiger partial charge >= 0.3 is 5.97 Å². The Hall–Kier alpha value is -4.71. The van der Waals surface area contributed by atoms with Gasteiger partial charge in [0.15, 0.2) is 0 Å². The molecule has 0 saturated carbocycles. The number of hydrogen-bond acceptors (Lipinski definition) is 6. The van der Waals surface area contributed by atoms with Crippen LogP contribution in [0.3, 0.4) is 0 Å². The molecule has 0 atom stereocenters. The van der Waals surface area contributed by atoms with Crippen molar-refractivity contribution in [1.29, 1.82) is 5.26 Å². The molecule has 1 heterocycles. The van der Waals surface area contributed by atoms with Gasteiger partial charge in [0, 0.05) is 29.5 Å². The van der Waals surface area contributed by atoms with E-state index in [-0.39, 0.29) is 22.6 Å². The average Bonchev–Trinajstić information content (AvgIpc) is 3.21. The first-order chi connectivity index (χ1) is 14.4. The number of nitrogens with zero attached hydrogens (tertiary/aromatic N) is 2. The summed E-state index contributed by atoms with van der Waals surface area (Å²) in [5.41, 5.74) is 0.720. The number of amides is 1. The summed E-state index contributed by atoms with van der Waals surface area (Å²) < 4.78 is 5.61. The highest BCUT2D eigenvalue weighted by atomic mass is 16.6. The van der Waals surface area contributed by atoms with Crippen molar-refractivity contribution in [3.05, 3.63) is 87.7 Å². The molecule has 9 heteroatoms. The van der Waals surface area contributed by atoms with E-state index in [0.29, 0.717) is 17.0 Å². The highest BCUT2D eigenvalue weighted by Gasteiger charge is 2.13. The number of carbonyl (C=O) groups is 2. The second-order valence-electron chi connectivity index (χ2n) is 6.01. The maximum Gasteiger partial charge on any atom is 0.335 e. The Labute approximate surface area is 169 Å². The summed E-state index contributed by atoms with van der Waals surface area (Å²) in [7, 11) is 0. The maximum absolute atomic E-state index is 12.3. The number of nitro benzene ring substituents is 1. The number of benzene rings is 2. The molecule has 1 aromatic heterocycles. The van der Waals surface area contributed by atoms with Crippen LogP contribution in [-0.4, -0.2) is 21.9 Å². The van der Waals surface area contributed by atoms with E-state index in [1.165, 1.54) is 42.5 Å². The van der Waals surface area contributed by atoms with Gasteiger partial charge in [-0.05, 0) is 36.4 Å². The van der Waals surface area contributed by atoms with Crippen LogP contribution in [0.1, 0.15) is 16.1 Å². The number of carbonyl (C=O) groups excluding carboxylic acids is 1. The lowest BCUT2D eigenvalue weighted by Gasteiger charge is -2.03. The van der Waals surface area contributed by atoms with Gasteiger partial charge in [-0.1, -0.05) is 12.1 Å². The molecular formula is C21H13N3O6. The first kappa shape index (κ1) is 20.0. The zero-order valence-corrected chi connectivity index (χ0v) is 15.2. The quantitative estimate of drug-likeness (QED) is 0.272. The van der Waals surface area contributed by atoms with Crippen LogP contribution in [0.4, 0.5) is 11.4 Å². The molecule has 0 bridgehead atoms. The molecule has 0 aliphatic carbocycles. The number of anilines is 1. The van der Waals surface area contributed by atoms with Crippen LogP contribution in [0.5, 0.6) is 0 Å². The van der Waals surface area contributed by atoms with Crippen molar-refractivity contribution in [2.24, 2.45) is 0 Å². The third-order valence-corrected chi connectivity index (χ3v) is 4.03. The van der Waals surface area contributed by atoms with Crippen molar-refractivity contribution >= 4 is 29.3 Å². The van der Waals surface area contributed by atoms with Crippen LogP contribution in [-0.2, 0) is 4.79 Å². The molecule has 9 nitrogen and oxygen atoms in total. The van der Waals surface area contributed by atoms with Gasteiger partial charge in [-0.2, -0.15) is 5.26 Å². The lowest BCUT2D eigenvalue weighted by molar-refractivity contribution is -0.384. The normalized spacial score (nSPS) is 10.8. The van der Waals surface area contributed by atoms with E-state index in [0.717, 1.165) is 0 Å². The smallest absolute Gasteiger partial charge is 0.335 e. The molecule has 148 valence electrons. The summed E-state index contributed by atoms with van der Waals surface area (Å²) in [5.74, 6) is -1.05. The maximum atomic E-state index is 12.3. The average molecular weight is 403 g/mol. The molecule has 0 saturated heterocycles. The van der Waals surface area contributed by atoms with Crippen molar-refractivity contribution in [1.82, 2.24) is 0 Å². The van der Waals surface area contributed by atoms with Gasteiger partial charge in [-0.25, -0.2) is 4.79 Å². The fraction of sp³-hybridized carbons (Fsp3) is 0. The van der Waals surface area contributed by atoms with Crippen molar-refractivity contribution in [3.8, 4) is 17.4 Å². The number of hydrogen-bond donors (Lipinski definition) is 2. The minimum absolute atomic E-state index is 0.122. The molecule has 3 rings (SSSR count). The number of furan rings is 1. The van der Waals surface area contributed by atoms with Crippen LogP contribution in [0, 0.1) is 21.4 Å². The Kier molecular flexibility index (Phi) is 5.70. The van der Waals surface area contributed by atoms with Crippen molar-refractivity contribution in [2.45, 2.75) is 0 Å². The number of carboxylic acid groups (broad SMARTS) is 1. The van der Waals surface area contributed by atoms with Crippen molar-refractivity contribution < 1.29 is 24.0 Å². The minimum Gasteiger partial charge on any atom is -0.478 e. The minimum atomic E-state index is -1.04. The topological polar surface area (TPSA) is 146 Å².